The SMILES string of the molecule is [2H]c1c([2H])c([2H])c(-c2cc(-n3c4ccccc4c4ccccc43)cc(-c3c([2H])c([2H])c([2H])c([2H])c3[2H])c2-n2[c](=[Pt])n(-c3[c-]c(Oc4[c-]c5c(cc4)c4cccc(C)c4n5-c4cc(C(C)(C)C)ccn4)ccc3)c3ccccc32)c([2H])c1[2H]. The molecule has 4 aromatic heterocycles. The van der Waals surface area contributed by atoms with Gasteiger partial charge in [-0.05, 0) is 24.0 Å². The summed E-state index contributed by atoms with van der Waals surface area (Å²) < 4.78 is 107. The first-order valence-electron chi connectivity index (χ1n) is 28.5. The van der Waals surface area contributed by atoms with Crippen molar-refractivity contribution in [2.24, 2.45) is 0 Å². The van der Waals surface area contributed by atoms with E-state index in [2.05, 4.69) is 88.0 Å². The number of hydrogen-bond acceptors (Lipinski definition) is 2. The number of fused-ring (bicyclic) bond motifs is 7. The van der Waals surface area contributed by atoms with Crippen molar-refractivity contribution in [3.05, 3.63) is 239 Å². The second-order valence-electron chi connectivity index (χ2n) is 18.7. The molecule has 13 rings (SSSR count). The molecule has 0 saturated carbocycles. The van der Waals surface area contributed by atoms with E-state index < -0.39 is 60.4 Å². The summed E-state index contributed by atoms with van der Waals surface area (Å²) in [6.45, 7) is 8.63. The standard InChI is InChI=1S/C65H47N5O.Pt/c1-43-19-17-28-54-53-34-33-50(41-61(53)70(63(43)54)62-37-46(35-36-66-62)65(2,3)4)71-49-25-18-24-47(38-49)67-42-68(60-32-16-15-31-59(60)67)64-55(44-20-7-5-8-21-44)39-48(40-56(64)45-22-9-6-10-23-45)69-57-29-13-11-26-51(57)52-27-12-14-30-58(52)69;/h5-37,39-40H,1-4H3;/q-2;/i5D,6D,7D,8D,9D,10D,20D,21D,22D,23D;. The van der Waals surface area contributed by atoms with Crippen LogP contribution in [0.4, 0.5) is 0 Å². The Labute approximate surface area is 442 Å². The molecule has 0 atom stereocenters. The fourth-order valence-corrected chi connectivity index (χ4v) is 11.2. The van der Waals surface area contributed by atoms with Gasteiger partial charge in [0.25, 0.3) is 0 Å². The molecule has 350 valence electrons. The molecule has 0 spiro atoms. The van der Waals surface area contributed by atoms with Crippen LogP contribution in [0.1, 0.15) is 45.6 Å². The van der Waals surface area contributed by atoms with Crippen LogP contribution in [0.25, 0.3) is 99.8 Å². The van der Waals surface area contributed by atoms with Crippen molar-refractivity contribution >= 4 is 54.6 Å². The Hall–Kier alpha value is -8.31. The van der Waals surface area contributed by atoms with Gasteiger partial charge in [0.05, 0.1) is 0 Å². The van der Waals surface area contributed by atoms with Crippen LogP contribution in [0.15, 0.2) is 212 Å². The number of nitrogens with zero attached hydrogens (tertiary/aromatic N) is 5. The molecule has 6 nitrogen and oxygen atoms in total. The van der Waals surface area contributed by atoms with Crippen LogP contribution >= 0.6 is 0 Å². The van der Waals surface area contributed by atoms with E-state index in [1.807, 2.05) is 129 Å². The first-order chi connectivity index (χ1) is 39.3. The van der Waals surface area contributed by atoms with Crippen molar-refractivity contribution in [1.82, 2.24) is 23.3 Å². The fraction of sp³-hybridized carbons (Fsp3) is 0.0769. The predicted octanol–water partition coefficient (Wildman–Crippen LogP) is 16.4. The summed E-state index contributed by atoms with van der Waals surface area (Å²) in [5.74, 6) is 1.57. The van der Waals surface area contributed by atoms with Crippen molar-refractivity contribution in [3.63, 3.8) is 0 Å². The van der Waals surface area contributed by atoms with Crippen molar-refractivity contribution < 1.29 is 37.8 Å². The van der Waals surface area contributed by atoms with Crippen LogP contribution in [0.3, 0.4) is 0 Å². The molecule has 0 bridgehead atoms. The number of rotatable bonds is 8. The summed E-state index contributed by atoms with van der Waals surface area (Å²) in [5.41, 5.74) is 7.88. The normalized spacial score (nSPS) is 13.9. The Bertz CT molecular complexity index is 4750. The zero-order chi connectivity index (χ0) is 57.4. The van der Waals surface area contributed by atoms with Crippen molar-refractivity contribution in [2.45, 2.75) is 33.1 Å². The van der Waals surface area contributed by atoms with Gasteiger partial charge in [-0.15, -0.1) is 0 Å². The minimum atomic E-state index is -0.584. The van der Waals surface area contributed by atoms with Crippen LogP contribution in [-0.4, -0.2) is 23.3 Å². The molecule has 0 aliphatic heterocycles. The van der Waals surface area contributed by atoms with Gasteiger partial charge in [-0.2, -0.15) is 0 Å². The van der Waals surface area contributed by atoms with Crippen LogP contribution < -0.4 is 4.74 Å². The third-order valence-corrected chi connectivity index (χ3v) is 14.3. The molecule has 72 heavy (non-hydrogen) atoms. The van der Waals surface area contributed by atoms with Crippen molar-refractivity contribution in [3.8, 4) is 56.6 Å². The molecule has 0 radical (unpaired) electrons. The molecule has 0 fully saturated rings. The van der Waals surface area contributed by atoms with E-state index >= 15 is 0 Å². The molecule has 0 N–H and O–H groups in total. The molecular formula is C65H47N5OPt-2. The third-order valence-electron chi connectivity index (χ3n) is 13.3. The third kappa shape index (κ3) is 7.20. The van der Waals surface area contributed by atoms with Gasteiger partial charge in [-0.1, -0.05) is 32.9 Å². The molecule has 0 unspecified atom stereocenters. The van der Waals surface area contributed by atoms with Crippen molar-refractivity contribution in [1.29, 1.82) is 0 Å². The zero-order valence-electron chi connectivity index (χ0n) is 49.4. The van der Waals surface area contributed by atoms with Gasteiger partial charge < -0.3 is 0 Å². The molecule has 4 heterocycles. The summed E-state index contributed by atoms with van der Waals surface area (Å²) >= 11 is 2.18. The topological polar surface area (TPSA) is 41.8 Å². The molecule has 13 aromatic rings. The summed E-state index contributed by atoms with van der Waals surface area (Å²) in [4.78, 5) is 4.88. The quantitative estimate of drug-likeness (QED) is 0.142. The maximum atomic E-state index is 9.56. The van der Waals surface area contributed by atoms with Crippen molar-refractivity contribution in [2.75, 3.05) is 0 Å². The number of aromatic nitrogens is 5. The van der Waals surface area contributed by atoms with Gasteiger partial charge in [0, 0.05) is 6.20 Å². The first-order valence-corrected chi connectivity index (χ1v) is 24.6. The second kappa shape index (κ2) is 17.2. The Morgan fingerprint density at radius 1 is 0.542 bits per heavy atom. The number of ether oxygens (including phenoxy) is 1. The van der Waals surface area contributed by atoms with E-state index in [0.29, 0.717) is 37.7 Å². The van der Waals surface area contributed by atoms with Gasteiger partial charge in [0.1, 0.15) is 0 Å². The Kier molecular flexibility index (Phi) is 8.15. The summed E-state index contributed by atoms with van der Waals surface area (Å²) in [5, 5.41) is 3.88. The summed E-state index contributed by atoms with van der Waals surface area (Å²) in [6.07, 6.45) is 1.85. The van der Waals surface area contributed by atoms with Gasteiger partial charge in [-0.3, -0.25) is 0 Å². The van der Waals surface area contributed by atoms with E-state index in [0.717, 1.165) is 60.6 Å². The molecule has 0 aliphatic carbocycles. The van der Waals surface area contributed by atoms with Gasteiger partial charge in [-0.25, -0.2) is 0 Å². The van der Waals surface area contributed by atoms with E-state index in [9.17, 15) is 5.48 Å². The number of benzene rings is 9. The summed E-state index contributed by atoms with van der Waals surface area (Å²) in [7, 11) is 0. The molecule has 7 heteroatoms. The maximum absolute atomic E-state index is 9.56. The van der Waals surface area contributed by atoms with Crippen LogP contribution in [0, 0.1) is 22.9 Å². The fourth-order valence-electron chi connectivity index (χ4n) is 10.1. The number of para-hydroxylation sites is 5. The average molecular weight is 1120 g/mol. The Morgan fingerprint density at radius 2 is 1.12 bits per heavy atom. The molecule has 0 saturated heterocycles. The summed E-state index contributed by atoms with van der Waals surface area (Å²) in [6, 6.07) is 48.3. The van der Waals surface area contributed by atoms with Crippen LogP contribution in [0.2, 0.25) is 0 Å². The molecule has 0 amide bonds. The Balaban J connectivity index is 1.07. The first kappa shape index (κ1) is 34.1. The Morgan fingerprint density at radius 3 is 1.78 bits per heavy atom. The van der Waals surface area contributed by atoms with E-state index in [-0.39, 0.29) is 33.4 Å². The predicted molar refractivity (Wildman–Crippen MR) is 291 cm³/mol. The monoisotopic (exact) mass is 1120 g/mol. The van der Waals surface area contributed by atoms with Gasteiger partial charge in [0.2, 0.25) is 0 Å². The van der Waals surface area contributed by atoms with Crippen LogP contribution in [0.5, 0.6) is 11.5 Å². The second-order valence-corrected chi connectivity index (χ2v) is 19.7. The molecule has 9 aromatic carbocycles. The number of pyridine rings is 1. The average Bonchev–Trinajstić information content (AvgIpc) is 4.27. The van der Waals surface area contributed by atoms with E-state index in [1.54, 1.807) is 12.1 Å². The minimum absolute atomic E-state index is 0.120. The van der Waals surface area contributed by atoms with E-state index in [4.69, 9.17) is 17.9 Å². The van der Waals surface area contributed by atoms with Gasteiger partial charge in [0.15, 0.2) is 0 Å². The van der Waals surface area contributed by atoms with E-state index in [1.165, 1.54) is 0 Å². The number of imidazole rings is 1. The number of hydrogen-bond donors (Lipinski definition) is 0. The van der Waals surface area contributed by atoms with Crippen LogP contribution in [-0.2, 0) is 24.8 Å². The molecular weight excluding hydrogens is 1060 g/mol. The number of aryl methyl sites for hydroxylation is 1. The zero-order valence-corrected chi connectivity index (χ0v) is 41.7. The van der Waals surface area contributed by atoms with Gasteiger partial charge >= 0.3 is 382 Å². The molecule has 0 aliphatic rings.